The summed E-state index contributed by atoms with van der Waals surface area (Å²) in [6.07, 6.45) is 0. The number of tetrazole rings is 1. The molecule has 9 heteroatoms. The molecule has 0 spiro atoms. The van der Waals surface area contributed by atoms with E-state index in [9.17, 15) is 14.5 Å². The molecule has 0 aliphatic rings. The molecule has 0 fully saturated rings. The summed E-state index contributed by atoms with van der Waals surface area (Å²) in [6, 6.07) is 2.97. The molecule has 1 aromatic heterocycles. The van der Waals surface area contributed by atoms with Gasteiger partial charge in [-0.2, -0.15) is 4.68 Å². The molecular formula is C10H11FN6O2. The summed E-state index contributed by atoms with van der Waals surface area (Å²) >= 11 is 0. The minimum Gasteiger partial charge on any atom is -0.311 e. The third-order valence-corrected chi connectivity index (χ3v) is 2.68. The van der Waals surface area contributed by atoms with E-state index in [1.807, 2.05) is 0 Å². The van der Waals surface area contributed by atoms with Crippen LogP contribution in [0.2, 0.25) is 0 Å². The van der Waals surface area contributed by atoms with Crippen LogP contribution < -0.4 is 5.32 Å². The number of nitro benzene ring substituents is 1. The zero-order valence-electron chi connectivity index (χ0n) is 10.2. The van der Waals surface area contributed by atoms with Crippen LogP contribution in [0, 0.1) is 15.9 Å². The summed E-state index contributed by atoms with van der Waals surface area (Å²) < 4.78 is 14.9. The van der Waals surface area contributed by atoms with E-state index in [4.69, 9.17) is 0 Å². The molecule has 1 unspecified atom stereocenters. The highest BCUT2D eigenvalue weighted by Gasteiger charge is 2.19. The third-order valence-electron chi connectivity index (χ3n) is 2.68. The fourth-order valence-corrected chi connectivity index (χ4v) is 1.54. The first-order chi connectivity index (χ1) is 9.04. The lowest BCUT2D eigenvalue weighted by molar-refractivity contribution is -0.384. The molecule has 0 aliphatic heterocycles. The summed E-state index contributed by atoms with van der Waals surface area (Å²) in [5, 5.41) is 24.6. The molecule has 1 atom stereocenters. The van der Waals surface area contributed by atoms with Gasteiger partial charge in [0.25, 0.3) is 5.69 Å². The van der Waals surface area contributed by atoms with Crippen LogP contribution in [0.5, 0.6) is 0 Å². The van der Waals surface area contributed by atoms with Crippen LogP contribution in [0.1, 0.15) is 18.8 Å². The normalized spacial score (nSPS) is 12.4. The van der Waals surface area contributed by atoms with E-state index < -0.39 is 10.7 Å². The minimum atomic E-state index is -0.637. The fourth-order valence-electron chi connectivity index (χ4n) is 1.54. The van der Waals surface area contributed by atoms with Gasteiger partial charge in [0.2, 0.25) is 0 Å². The predicted molar refractivity (Wildman–Crippen MR) is 63.2 cm³/mol. The Morgan fingerprint density at radius 3 is 2.89 bits per heavy atom. The Labute approximate surface area is 107 Å². The largest absolute Gasteiger partial charge is 0.311 e. The van der Waals surface area contributed by atoms with Gasteiger partial charge in [0, 0.05) is 12.1 Å². The van der Waals surface area contributed by atoms with E-state index in [0.29, 0.717) is 5.82 Å². The predicted octanol–water partition coefficient (Wildman–Crippen LogP) is 0.990. The maximum absolute atomic E-state index is 13.8. The molecule has 1 aromatic carbocycles. The smallest absolute Gasteiger partial charge is 0.271 e. The number of nitrogens with zero attached hydrogens (tertiary/aromatic N) is 5. The molecule has 1 N–H and O–H groups in total. The molecule has 19 heavy (non-hydrogen) atoms. The number of benzene rings is 1. The van der Waals surface area contributed by atoms with E-state index in [1.165, 1.54) is 0 Å². The first-order valence-electron chi connectivity index (χ1n) is 5.44. The van der Waals surface area contributed by atoms with Gasteiger partial charge in [0.15, 0.2) is 5.82 Å². The number of aromatic nitrogens is 4. The van der Waals surface area contributed by atoms with Crippen molar-refractivity contribution in [2.45, 2.75) is 13.0 Å². The van der Waals surface area contributed by atoms with Crippen molar-refractivity contribution < 1.29 is 9.31 Å². The molecular weight excluding hydrogens is 255 g/mol. The Hall–Kier alpha value is -2.42. The van der Waals surface area contributed by atoms with Gasteiger partial charge in [-0.1, -0.05) is 0 Å². The van der Waals surface area contributed by atoms with Gasteiger partial charge in [-0.25, -0.2) is 4.39 Å². The van der Waals surface area contributed by atoms with Crippen molar-refractivity contribution in [1.29, 1.82) is 0 Å². The maximum atomic E-state index is 13.8. The van der Waals surface area contributed by atoms with Gasteiger partial charge >= 0.3 is 0 Å². The standard InChI is InChI=1S/C10H11FN6O2/c1-6(12-2)10-13-14-15-16(10)9-5-7(17(18)19)3-4-8(9)11/h3-6,12H,1-2H3. The molecule has 0 radical (unpaired) electrons. The lowest BCUT2D eigenvalue weighted by Crippen LogP contribution is -2.18. The second-order valence-corrected chi connectivity index (χ2v) is 3.85. The van der Waals surface area contributed by atoms with Crippen LogP contribution in [0.3, 0.4) is 0 Å². The number of hydrogen-bond donors (Lipinski definition) is 1. The Kier molecular flexibility index (Phi) is 3.47. The number of halogens is 1. The molecule has 100 valence electrons. The van der Waals surface area contributed by atoms with Crippen molar-refractivity contribution in [1.82, 2.24) is 25.5 Å². The molecule has 0 saturated carbocycles. The fraction of sp³-hybridized carbons (Fsp3) is 0.300. The molecule has 0 bridgehead atoms. The zero-order chi connectivity index (χ0) is 14.0. The Morgan fingerprint density at radius 2 is 2.26 bits per heavy atom. The number of rotatable bonds is 4. The van der Waals surface area contributed by atoms with E-state index in [0.717, 1.165) is 22.9 Å². The summed E-state index contributed by atoms with van der Waals surface area (Å²) in [5.74, 6) is -0.274. The average Bonchev–Trinajstić information content (AvgIpc) is 2.87. The molecule has 0 saturated heterocycles. The highest BCUT2D eigenvalue weighted by Crippen LogP contribution is 2.21. The zero-order valence-corrected chi connectivity index (χ0v) is 10.2. The van der Waals surface area contributed by atoms with Gasteiger partial charge in [-0.05, 0) is 30.5 Å². The quantitative estimate of drug-likeness (QED) is 0.654. The Bertz CT molecular complexity index is 614. The van der Waals surface area contributed by atoms with E-state index in [-0.39, 0.29) is 17.4 Å². The number of hydrogen-bond acceptors (Lipinski definition) is 6. The van der Waals surface area contributed by atoms with Crippen molar-refractivity contribution in [3.05, 3.63) is 40.0 Å². The molecule has 1 heterocycles. The Balaban J connectivity index is 2.55. The number of nitrogens with one attached hydrogen (secondary N) is 1. The van der Waals surface area contributed by atoms with Crippen molar-refractivity contribution in [2.24, 2.45) is 0 Å². The van der Waals surface area contributed by atoms with Crippen LogP contribution in [0.15, 0.2) is 18.2 Å². The van der Waals surface area contributed by atoms with Crippen LogP contribution in [-0.2, 0) is 0 Å². The maximum Gasteiger partial charge on any atom is 0.271 e. The lowest BCUT2D eigenvalue weighted by atomic mass is 10.2. The van der Waals surface area contributed by atoms with Crippen molar-refractivity contribution in [2.75, 3.05) is 7.05 Å². The van der Waals surface area contributed by atoms with E-state index in [1.54, 1.807) is 14.0 Å². The van der Waals surface area contributed by atoms with Gasteiger partial charge in [0.1, 0.15) is 11.5 Å². The monoisotopic (exact) mass is 266 g/mol. The summed E-state index contributed by atoms with van der Waals surface area (Å²) in [6.45, 7) is 1.79. The minimum absolute atomic E-state index is 0.0590. The number of nitro groups is 1. The Morgan fingerprint density at radius 1 is 1.53 bits per heavy atom. The SMILES string of the molecule is CNC(C)c1nnnn1-c1cc([N+](=O)[O-])ccc1F. The molecule has 2 rings (SSSR count). The summed E-state index contributed by atoms with van der Waals surface area (Å²) in [7, 11) is 1.70. The van der Waals surface area contributed by atoms with E-state index >= 15 is 0 Å². The molecule has 0 amide bonds. The second-order valence-electron chi connectivity index (χ2n) is 3.85. The molecule has 8 nitrogen and oxygen atoms in total. The van der Waals surface area contributed by atoms with E-state index in [2.05, 4.69) is 20.8 Å². The topological polar surface area (TPSA) is 98.8 Å². The lowest BCUT2D eigenvalue weighted by Gasteiger charge is -2.10. The highest BCUT2D eigenvalue weighted by atomic mass is 19.1. The van der Waals surface area contributed by atoms with Crippen molar-refractivity contribution >= 4 is 5.69 Å². The van der Waals surface area contributed by atoms with Crippen LogP contribution >= 0.6 is 0 Å². The summed E-state index contributed by atoms with van der Waals surface area (Å²) in [5.41, 5.74) is -0.286. The van der Waals surface area contributed by atoms with Crippen molar-refractivity contribution in [3.8, 4) is 5.69 Å². The molecule has 0 aliphatic carbocycles. The van der Waals surface area contributed by atoms with Crippen LogP contribution in [-0.4, -0.2) is 32.2 Å². The summed E-state index contributed by atoms with van der Waals surface area (Å²) in [4.78, 5) is 10.1. The molecule has 2 aromatic rings. The first-order valence-corrected chi connectivity index (χ1v) is 5.44. The van der Waals surface area contributed by atoms with Gasteiger partial charge in [-0.3, -0.25) is 10.1 Å². The third kappa shape index (κ3) is 2.40. The highest BCUT2D eigenvalue weighted by molar-refractivity contribution is 5.44. The van der Waals surface area contributed by atoms with Gasteiger partial charge in [-0.15, -0.1) is 5.10 Å². The van der Waals surface area contributed by atoms with Crippen LogP contribution in [0.25, 0.3) is 5.69 Å². The first kappa shape index (κ1) is 13.0. The van der Waals surface area contributed by atoms with Crippen LogP contribution in [0.4, 0.5) is 10.1 Å². The second kappa shape index (κ2) is 5.06. The van der Waals surface area contributed by atoms with Gasteiger partial charge in [0.05, 0.1) is 11.0 Å². The van der Waals surface area contributed by atoms with Crippen molar-refractivity contribution in [3.63, 3.8) is 0 Å². The van der Waals surface area contributed by atoms with Gasteiger partial charge < -0.3 is 5.32 Å². The average molecular weight is 266 g/mol. The number of non-ortho nitro benzene ring substituents is 1.